The largest absolute Gasteiger partial charge is 0.390 e. The van der Waals surface area contributed by atoms with Crippen LogP contribution in [0.1, 0.15) is 13.8 Å². The van der Waals surface area contributed by atoms with E-state index >= 15 is 0 Å². The Morgan fingerprint density at radius 1 is 1.46 bits per heavy atom. The fraction of sp³-hybridized carbons (Fsp3) is 0.875. The van der Waals surface area contributed by atoms with Crippen molar-refractivity contribution in [2.45, 2.75) is 32.2 Å². The number of rotatable bonds is 0. The number of nitrogens with zero attached hydrogens (tertiary/aromatic N) is 1. The third kappa shape index (κ3) is 1.82. The predicted octanol–water partition coefficient (Wildman–Crippen LogP) is -1.51. The highest BCUT2D eigenvalue weighted by Gasteiger charge is 2.39. The van der Waals surface area contributed by atoms with Gasteiger partial charge in [-0.1, -0.05) is 6.92 Å². The molecule has 0 aromatic rings. The zero-order valence-corrected chi connectivity index (χ0v) is 7.84. The minimum atomic E-state index is -1.05. The first-order valence-electron chi connectivity index (χ1n) is 4.34. The van der Waals surface area contributed by atoms with Gasteiger partial charge >= 0.3 is 0 Å². The summed E-state index contributed by atoms with van der Waals surface area (Å²) < 4.78 is 0. The summed E-state index contributed by atoms with van der Waals surface area (Å²) in [6, 6.07) is 0. The summed E-state index contributed by atoms with van der Waals surface area (Å²) in [6.45, 7) is 3.57. The van der Waals surface area contributed by atoms with Crippen LogP contribution < -0.4 is 5.73 Å². The number of aliphatic hydroxyl groups is 2. The number of amides is 1. The van der Waals surface area contributed by atoms with Gasteiger partial charge in [-0.2, -0.15) is 0 Å². The number of carbonyl (C=O) groups excluding carboxylic acids is 1. The molecule has 13 heavy (non-hydrogen) atoms. The summed E-state index contributed by atoms with van der Waals surface area (Å²) in [7, 11) is 0. The molecule has 4 unspecified atom stereocenters. The Morgan fingerprint density at radius 3 is 2.46 bits per heavy atom. The van der Waals surface area contributed by atoms with E-state index in [0.29, 0.717) is 6.54 Å². The number of likely N-dealkylation sites (tertiary alicyclic amines) is 1. The van der Waals surface area contributed by atoms with Crippen LogP contribution in [0.2, 0.25) is 0 Å². The molecule has 1 rings (SSSR count). The van der Waals surface area contributed by atoms with Crippen LogP contribution in [0.3, 0.4) is 0 Å². The molecule has 1 aliphatic heterocycles. The second-order valence-electron chi connectivity index (χ2n) is 3.62. The van der Waals surface area contributed by atoms with Crippen molar-refractivity contribution in [2.75, 3.05) is 6.54 Å². The van der Waals surface area contributed by atoms with Gasteiger partial charge in [0.05, 0.1) is 6.10 Å². The number of hydrogen-bond acceptors (Lipinski definition) is 4. The molecule has 1 aliphatic rings. The highest BCUT2D eigenvalue weighted by molar-refractivity contribution is 5.73. The van der Waals surface area contributed by atoms with E-state index in [2.05, 4.69) is 0 Å². The highest BCUT2D eigenvalue weighted by atomic mass is 16.3. The SMILES string of the molecule is CC(=O)N1CC(C)C(O)C(O)C1N. The standard InChI is InChI=1S/C8H16N2O3/c1-4-3-10(5(2)11)8(9)7(13)6(4)12/h4,6-8,12-13H,3,9H2,1-2H3. The Bertz CT molecular complexity index is 210. The van der Waals surface area contributed by atoms with E-state index in [1.165, 1.54) is 11.8 Å². The van der Waals surface area contributed by atoms with Crippen molar-refractivity contribution in [1.82, 2.24) is 4.90 Å². The predicted molar refractivity (Wildman–Crippen MR) is 46.5 cm³/mol. The van der Waals surface area contributed by atoms with Crippen molar-refractivity contribution in [3.05, 3.63) is 0 Å². The van der Waals surface area contributed by atoms with E-state index in [0.717, 1.165) is 0 Å². The Morgan fingerprint density at radius 2 is 2.00 bits per heavy atom. The third-order valence-electron chi connectivity index (χ3n) is 2.53. The van der Waals surface area contributed by atoms with Crippen LogP contribution in [0.25, 0.3) is 0 Å². The molecule has 0 aromatic carbocycles. The number of hydrogen-bond donors (Lipinski definition) is 3. The molecular weight excluding hydrogens is 172 g/mol. The highest BCUT2D eigenvalue weighted by Crippen LogP contribution is 2.20. The van der Waals surface area contributed by atoms with Gasteiger partial charge in [-0.15, -0.1) is 0 Å². The smallest absolute Gasteiger partial charge is 0.220 e. The van der Waals surface area contributed by atoms with E-state index in [1.54, 1.807) is 6.92 Å². The normalized spacial score (nSPS) is 40.5. The van der Waals surface area contributed by atoms with Crippen LogP contribution in [0.4, 0.5) is 0 Å². The lowest BCUT2D eigenvalue weighted by Crippen LogP contribution is -2.63. The fourth-order valence-electron chi connectivity index (χ4n) is 1.60. The monoisotopic (exact) mass is 188 g/mol. The first-order valence-corrected chi connectivity index (χ1v) is 4.34. The maximum atomic E-state index is 11.1. The molecule has 0 bridgehead atoms. The molecule has 1 amide bonds. The number of aliphatic hydroxyl groups excluding tert-OH is 2. The molecule has 0 aliphatic carbocycles. The minimum Gasteiger partial charge on any atom is -0.390 e. The summed E-state index contributed by atoms with van der Waals surface area (Å²) in [4.78, 5) is 12.4. The molecule has 0 aromatic heterocycles. The summed E-state index contributed by atoms with van der Waals surface area (Å²) in [6.07, 6.45) is -2.68. The second kappa shape index (κ2) is 3.61. The lowest BCUT2D eigenvalue weighted by Gasteiger charge is -2.42. The first kappa shape index (κ1) is 10.4. The van der Waals surface area contributed by atoms with Gasteiger partial charge in [0.25, 0.3) is 0 Å². The third-order valence-corrected chi connectivity index (χ3v) is 2.53. The quantitative estimate of drug-likeness (QED) is 0.431. The molecule has 4 N–H and O–H groups in total. The molecule has 1 fully saturated rings. The van der Waals surface area contributed by atoms with E-state index in [-0.39, 0.29) is 11.8 Å². The average molecular weight is 188 g/mol. The van der Waals surface area contributed by atoms with E-state index in [1.807, 2.05) is 0 Å². The van der Waals surface area contributed by atoms with Crippen LogP contribution >= 0.6 is 0 Å². The van der Waals surface area contributed by atoms with E-state index in [4.69, 9.17) is 5.73 Å². The molecule has 0 saturated carbocycles. The van der Waals surface area contributed by atoms with Gasteiger partial charge in [0.15, 0.2) is 0 Å². The van der Waals surface area contributed by atoms with Gasteiger partial charge < -0.3 is 20.8 Å². The molecule has 5 heteroatoms. The van der Waals surface area contributed by atoms with Gasteiger partial charge in [-0.05, 0) is 0 Å². The van der Waals surface area contributed by atoms with Crippen LogP contribution in [-0.4, -0.2) is 45.9 Å². The lowest BCUT2D eigenvalue weighted by molar-refractivity contribution is -0.148. The topological polar surface area (TPSA) is 86.8 Å². The van der Waals surface area contributed by atoms with Crippen LogP contribution in [0.15, 0.2) is 0 Å². The summed E-state index contributed by atoms with van der Waals surface area (Å²) in [5.41, 5.74) is 5.57. The molecular formula is C8H16N2O3. The van der Waals surface area contributed by atoms with Gasteiger partial charge in [0, 0.05) is 19.4 Å². The second-order valence-corrected chi connectivity index (χ2v) is 3.62. The molecule has 1 saturated heterocycles. The van der Waals surface area contributed by atoms with Crippen molar-refractivity contribution in [3.8, 4) is 0 Å². The van der Waals surface area contributed by atoms with Gasteiger partial charge in [-0.3, -0.25) is 4.79 Å². The zero-order chi connectivity index (χ0) is 10.2. The summed E-state index contributed by atoms with van der Waals surface area (Å²) in [5.74, 6) is -0.316. The lowest BCUT2D eigenvalue weighted by atomic mass is 9.92. The molecule has 5 nitrogen and oxygen atoms in total. The van der Waals surface area contributed by atoms with Crippen molar-refractivity contribution < 1.29 is 15.0 Å². The molecule has 0 spiro atoms. The molecule has 4 atom stereocenters. The number of nitrogens with two attached hydrogens (primary N) is 1. The Hall–Kier alpha value is -0.650. The number of carbonyl (C=O) groups is 1. The zero-order valence-electron chi connectivity index (χ0n) is 7.84. The van der Waals surface area contributed by atoms with Gasteiger partial charge in [0.1, 0.15) is 12.3 Å². The van der Waals surface area contributed by atoms with Crippen molar-refractivity contribution in [2.24, 2.45) is 11.7 Å². The first-order chi connectivity index (χ1) is 5.95. The van der Waals surface area contributed by atoms with Crippen LogP contribution in [-0.2, 0) is 4.79 Å². The fourth-order valence-corrected chi connectivity index (χ4v) is 1.60. The molecule has 76 valence electrons. The van der Waals surface area contributed by atoms with Crippen molar-refractivity contribution >= 4 is 5.91 Å². The van der Waals surface area contributed by atoms with E-state index < -0.39 is 18.4 Å². The summed E-state index contributed by atoms with van der Waals surface area (Å²) in [5, 5.41) is 18.9. The average Bonchev–Trinajstić information content (AvgIpc) is 2.07. The van der Waals surface area contributed by atoms with Crippen LogP contribution in [0, 0.1) is 5.92 Å². The van der Waals surface area contributed by atoms with Crippen molar-refractivity contribution in [1.29, 1.82) is 0 Å². The Balaban J connectivity index is 2.76. The Kier molecular flexibility index (Phi) is 2.90. The molecule has 0 radical (unpaired) electrons. The number of piperidine rings is 1. The van der Waals surface area contributed by atoms with Gasteiger partial charge in [-0.25, -0.2) is 0 Å². The maximum absolute atomic E-state index is 11.1. The molecule has 1 heterocycles. The van der Waals surface area contributed by atoms with Gasteiger partial charge in [0.2, 0.25) is 5.91 Å². The van der Waals surface area contributed by atoms with E-state index in [9.17, 15) is 15.0 Å². The van der Waals surface area contributed by atoms with Crippen LogP contribution in [0.5, 0.6) is 0 Å². The maximum Gasteiger partial charge on any atom is 0.220 e. The summed E-state index contributed by atoms with van der Waals surface area (Å²) >= 11 is 0. The minimum absolute atomic E-state index is 0.140. The Labute approximate surface area is 77.1 Å². The van der Waals surface area contributed by atoms with Crippen molar-refractivity contribution in [3.63, 3.8) is 0 Å².